The number of hydrogen-bond donors (Lipinski definition) is 3. The number of rotatable bonds is 2. The molecule has 39 heavy (non-hydrogen) atoms. The first-order valence-corrected chi connectivity index (χ1v) is 13.4. The number of benzene rings is 2. The SMILES string of the molecule is CC1CN(C(=O)Nc2ccc3cc2CCc2cncc(c2)Nc2ncc(Cl)c(n2)N3)CCN1c1ccccc1. The lowest BCUT2D eigenvalue weighted by Gasteiger charge is -2.41. The number of pyridine rings is 1. The van der Waals surface area contributed by atoms with Gasteiger partial charge in [0.1, 0.15) is 5.02 Å². The molecule has 2 aromatic heterocycles. The highest BCUT2D eigenvalue weighted by Crippen LogP contribution is 2.30. The van der Waals surface area contributed by atoms with Gasteiger partial charge >= 0.3 is 6.03 Å². The molecule has 6 bridgehead atoms. The van der Waals surface area contributed by atoms with Gasteiger partial charge in [-0.2, -0.15) is 4.98 Å². The van der Waals surface area contributed by atoms with Crippen LogP contribution in [0.2, 0.25) is 5.02 Å². The van der Waals surface area contributed by atoms with Gasteiger partial charge in [-0.15, -0.1) is 0 Å². The molecular formula is C29H29ClN8O. The fourth-order valence-corrected chi connectivity index (χ4v) is 5.23. The summed E-state index contributed by atoms with van der Waals surface area (Å²) in [5.41, 5.74) is 5.66. The summed E-state index contributed by atoms with van der Waals surface area (Å²) in [6, 6.07) is 18.4. The van der Waals surface area contributed by atoms with E-state index in [2.05, 4.69) is 54.9 Å². The van der Waals surface area contributed by atoms with Crippen LogP contribution in [0.4, 0.5) is 39.3 Å². The highest BCUT2D eigenvalue weighted by atomic mass is 35.5. The molecular weight excluding hydrogens is 512 g/mol. The number of amides is 2. The van der Waals surface area contributed by atoms with E-state index in [0.29, 0.717) is 36.3 Å². The zero-order chi connectivity index (χ0) is 26.8. The highest BCUT2D eigenvalue weighted by Gasteiger charge is 2.27. The van der Waals surface area contributed by atoms with E-state index in [0.717, 1.165) is 41.2 Å². The lowest BCUT2D eigenvalue weighted by atomic mass is 10.0. The van der Waals surface area contributed by atoms with Crippen molar-refractivity contribution >= 4 is 52.1 Å². The van der Waals surface area contributed by atoms with Crippen molar-refractivity contribution in [1.29, 1.82) is 0 Å². The molecule has 6 rings (SSSR count). The molecule has 1 atom stereocenters. The van der Waals surface area contributed by atoms with Crippen molar-refractivity contribution in [2.75, 3.05) is 40.5 Å². The number of halogens is 1. The first-order chi connectivity index (χ1) is 19.0. The average molecular weight is 541 g/mol. The second kappa shape index (κ2) is 10.8. The van der Waals surface area contributed by atoms with Gasteiger partial charge in [0, 0.05) is 48.9 Å². The lowest BCUT2D eigenvalue weighted by molar-refractivity contribution is 0.200. The minimum Gasteiger partial charge on any atom is -0.365 e. The van der Waals surface area contributed by atoms with Crippen LogP contribution >= 0.6 is 11.6 Å². The van der Waals surface area contributed by atoms with Crippen LogP contribution in [0.1, 0.15) is 18.1 Å². The first kappa shape index (κ1) is 24.9. The summed E-state index contributed by atoms with van der Waals surface area (Å²) in [7, 11) is 0. The second-order valence-corrected chi connectivity index (χ2v) is 10.3. The zero-order valence-corrected chi connectivity index (χ0v) is 22.3. The van der Waals surface area contributed by atoms with E-state index in [1.165, 1.54) is 5.69 Å². The Balaban J connectivity index is 1.23. The fourth-order valence-electron chi connectivity index (χ4n) is 5.09. The number of nitrogens with one attached hydrogen (secondary N) is 3. The van der Waals surface area contributed by atoms with Crippen LogP contribution < -0.4 is 20.9 Å². The number of piperazine rings is 1. The van der Waals surface area contributed by atoms with Crippen LogP contribution in [0.5, 0.6) is 0 Å². The summed E-state index contributed by atoms with van der Waals surface area (Å²) in [4.78, 5) is 30.8. The van der Waals surface area contributed by atoms with Crippen LogP contribution in [0.3, 0.4) is 0 Å². The number of carbonyl (C=O) groups excluding carboxylic acids is 1. The maximum Gasteiger partial charge on any atom is 0.321 e. The summed E-state index contributed by atoms with van der Waals surface area (Å²) in [5.74, 6) is 0.913. The molecule has 0 aliphatic carbocycles. The summed E-state index contributed by atoms with van der Waals surface area (Å²) in [5, 5.41) is 10.1. The van der Waals surface area contributed by atoms with E-state index in [9.17, 15) is 4.79 Å². The van der Waals surface area contributed by atoms with Gasteiger partial charge in [-0.3, -0.25) is 4.98 Å². The van der Waals surface area contributed by atoms with E-state index < -0.39 is 0 Å². The third-order valence-corrected chi connectivity index (χ3v) is 7.37. The molecule has 4 heterocycles. The molecule has 1 fully saturated rings. The van der Waals surface area contributed by atoms with Crippen molar-refractivity contribution in [3.63, 3.8) is 0 Å². The molecule has 9 nitrogen and oxygen atoms in total. The van der Waals surface area contributed by atoms with E-state index in [4.69, 9.17) is 11.6 Å². The Morgan fingerprint density at radius 3 is 2.72 bits per heavy atom. The Labute approximate surface area is 232 Å². The quantitative estimate of drug-likeness (QED) is 0.293. The monoisotopic (exact) mass is 540 g/mol. The summed E-state index contributed by atoms with van der Waals surface area (Å²) in [6.07, 6.45) is 6.61. The first-order valence-electron chi connectivity index (χ1n) is 13.0. The number of hydrogen-bond acceptors (Lipinski definition) is 7. The van der Waals surface area contributed by atoms with Crippen molar-refractivity contribution < 1.29 is 4.79 Å². The Hall–Kier alpha value is -4.37. The van der Waals surface area contributed by atoms with Gasteiger partial charge in [0.15, 0.2) is 5.82 Å². The molecule has 1 unspecified atom stereocenters. The average Bonchev–Trinajstić information content (AvgIpc) is 2.95. The summed E-state index contributed by atoms with van der Waals surface area (Å²) >= 11 is 6.39. The number of fused-ring (bicyclic) bond motifs is 6. The van der Waals surface area contributed by atoms with Crippen molar-refractivity contribution in [2.24, 2.45) is 0 Å². The number of anilines is 6. The molecule has 10 heteroatoms. The largest absolute Gasteiger partial charge is 0.365 e. The van der Waals surface area contributed by atoms with Gasteiger partial charge in [-0.05, 0) is 67.3 Å². The van der Waals surface area contributed by atoms with Crippen LogP contribution in [0.25, 0.3) is 0 Å². The van der Waals surface area contributed by atoms with Gasteiger partial charge in [-0.25, -0.2) is 9.78 Å². The minimum absolute atomic E-state index is 0.0919. The van der Waals surface area contributed by atoms with E-state index in [1.807, 2.05) is 53.6 Å². The van der Waals surface area contributed by atoms with Gasteiger partial charge in [0.05, 0.1) is 18.1 Å². The number of nitrogens with zero attached hydrogens (tertiary/aromatic N) is 5. The van der Waals surface area contributed by atoms with Crippen LogP contribution in [-0.4, -0.2) is 51.6 Å². The number of urea groups is 1. The lowest BCUT2D eigenvalue weighted by Crippen LogP contribution is -2.54. The standard InChI is InChI=1S/C29H29ClN8O/c1-19-18-37(11-12-38(19)24-5-3-2-4-6-24)29(39)35-26-10-9-22-14-21(26)8-7-20-13-23(16-31-15-20)34-28-32-17-25(30)27(33-22)36-28/h2-6,9-10,13-17,19H,7-8,11-12,18H2,1H3,(H,35,39)(H2,32,33,34,36). The van der Waals surface area contributed by atoms with Gasteiger partial charge in [0.2, 0.25) is 5.95 Å². The molecule has 0 radical (unpaired) electrons. The molecule has 2 aliphatic heterocycles. The molecule has 0 saturated carbocycles. The van der Waals surface area contributed by atoms with E-state index in [1.54, 1.807) is 12.4 Å². The number of aryl methyl sites for hydroxylation is 2. The fraction of sp³-hybridized carbons (Fsp3) is 0.241. The predicted molar refractivity (Wildman–Crippen MR) is 156 cm³/mol. The number of aromatic nitrogens is 3. The normalized spacial score (nSPS) is 16.6. The highest BCUT2D eigenvalue weighted by molar-refractivity contribution is 6.32. The van der Waals surface area contributed by atoms with Gasteiger partial charge < -0.3 is 25.8 Å². The molecule has 2 aromatic carbocycles. The molecule has 3 N–H and O–H groups in total. The van der Waals surface area contributed by atoms with E-state index in [-0.39, 0.29) is 12.1 Å². The van der Waals surface area contributed by atoms with Crippen molar-refractivity contribution in [1.82, 2.24) is 19.9 Å². The molecule has 2 amide bonds. The van der Waals surface area contributed by atoms with Crippen molar-refractivity contribution in [3.05, 3.63) is 89.3 Å². The third-order valence-electron chi connectivity index (χ3n) is 7.09. The Bertz CT molecular complexity index is 1500. The number of para-hydroxylation sites is 1. The van der Waals surface area contributed by atoms with Gasteiger partial charge in [0.25, 0.3) is 0 Å². The zero-order valence-electron chi connectivity index (χ0n) is 21.6. The van der Waals surface area contributed by atoms with Crippen LogP contribution in [-0.2, 0) is 12.8 Å². The topological polar surface area (TPSA) is 98.3 Å². The molecule has 2 aliphatic rings. The Morgan fingerprint density at radius 1 is 1.00 bits per heavy atom. The second-order valence-electron chi connectivity index (χ2n) is 9.85. The predicted octanol–water partition coefficient (Wildman–Crippen LogP) is 5.85. The van der Waals surface area contributed by atoms with E-state index >= 15 is 0 Å². The summed E-state index contributed by atoms with van der Waals surface area (Å²) in [6.45, 7) is 4.24. The molecule has 4 aromatic rings. The third kappa shape index (κ3) is 5.58. The number of carbonyl (C=O) groups is 1. The minimum atomic E-state index is -0.0919. The Morgan fingerprint density at radius 2 is 1.87 bits per heavy atom. The van der Waals surface area contributed by atoms with Crippen molar-refractivity contribution in [3.8, 4) is 0 Å². The molecule has 1 saturated heterocycles. The summed E-state index contributed by atoms with van der Waals surface area (Å²) < 4.78 is 0. The molecule has 0 spiro atoms. The maximum absolute atomic E-state index is 13.4. The smallest absolute Gasteiger partial charge is 0.321 e. The van der Waals surface area contributed by atoms with Crippen LogP contribution in [0.15, 0.2) is 73.2 Å². The Kier molecular flexibility index (Phi) is 6.89. The van der Waals surface area contributed by atoms with Crippen LogP contribution in [0, 0.1) is 0 Å². The molecule has 198 valence electrons. The maximum atomic E-state index is 13.4. The van der Waals surface area contributed by atoms with Crippen molar-refractivity contribution in [2.45, 2.75) is 25.8 Å². The van der Waals surface area contributed by atoms with Gasteiger partial charge in [-0.1, -0.05) is 29.8 Å².